The number of amides is 2. The van der Waals surface area contributed by atoms with Crippen LogP contribution in [0.4, 0.5) is 5.69 Å². The number of nitrogens with one attached hydrogen (secondary N) is 1. The monoisotopic (exact) mass is 561 g/mol. The molecule has 11 heteroatoms. The minimum atomic E-state index is -3.84. The van der Waals surface area contributed by atoms with Crippen molar-refractivity contribution in [2.45, 2.75) is 46.2 Å². The molecule has 0 spiro atoms. The molecule has 192 valence electrons. The van der Waals surface area contributed by atoms with Gasteiger partial charge < -0.3 is 10.2 Å². The van der Waals surface area contributed by atoms with E-state index in [-0.39, 0.29) is 18.1 Å². The first-order valence-electron chi connectivity index (χ1n) is 11.1. The van der Waals surface area contributed by atoms with Crippen LogP contribution < -0.4 is 9.62 Å². The van der Waals surface area contributed by atoms with E-state index >= 15 is 0 Å². The van der Waals surface area contributed by atoms with Crippen molar-refractivity contribution in [3.63, 3.8) is 0 Å². The van der Waals surface area contributed by atoms with Gasteiger partial charge in [-0.25, -0.2) is 8.42 Å². The van der Waals surface area contributed by atoms with E-state index in [0.29, 0.717) is 33.6 Å². The van der Waals surface area contributed by atoms with Gasteiger partial charge in [-0.1, -0.05) is 60.8 Å². The quantitative estimate of drug-likeness (QED) is 0.415. The number of halogens is 3. The Labute approximate surface area is 222 Å². The van der Waals surface area contributed by atoms with Gasteiger partial charge in [0.2, 0.25) is 21.8 Å². The molecule has 0 aliphatic rings. The first-order valence-corrected chi connectivity index (χ1v) is 14.1. The minimum Gasteiger partial charge on any atom is -0.354 e. The second-order valence-electron chi connectivity index (χ2n) is 8.19. The standard InChI is InChI=1S/C24H30Cl3N3O4S/c1-5-11-28-24(32)22(6-2)29(14-17-8-10-19(25)21(27)12-17)23(31)15-30(35(4,33)34)18-9-7-16(3)20(26)13-18/h7-10,12-13,22H,5-6,11,14-15H2,1-4H3,(H,28,32)/t22-/m0/s1. The smallest absolute Gasteiger partial charge is 0.244 e. The van der Waals surface area contributed by atoms with Crippen LogP contribution in [0.15, 0.2) is 36.4 Å². The van der Waals surface area contributed by atoms with E-state index < -0.39 is 28.5 Å². The highest BCUT2D eigenvalue weighted by Gasteiger charge is 2.31. The molecule has 0 saturated heterocycles. The Morgan fingerprint density at radius 3 is 2.23 bits per heavy atom. The molecule has 0 heterocycles. The number of carbonyl (C=O) groups is 2. The van der Waals surface area contributed by atoms with Crippen molar-refractivity contribution in [1.82, 2.24) is 10.2 Å². The zero-order chi connectivity index (χ0) is 26.3. The van der Waals surface area contributed by atoms with Crippen LogP contribution in [-0.2, 0) is 26.2 Å². The first kappa shape index (κ1) is 29.2. The van der Waals surface area contributed by atoms with Gasteiger partial charge in [-0.2, -0.15) is 0 Å². The van der Waals surface area contributed by atoms with Crippen molar-refractivity contribution in [3.8, 4) is 0 Å². The van der Waals surface area contributed by atoms with Crippen molar-refractivity contribution >= 4 is 62.3 Å². The van der Waals surface area contributed by atoms with Crippen LogP contribution in [0, 0.1) is 6.92 Å². The van der Waals surface area contributed by atoms with Crippen molar-refractivity contribution in [3.05, 3.63) is 62.6 Å². The van der Waals surface area contributed by atoms with Gasteiger partial charge in [-0.3, -0.25) is 13.9 Å². The molecule has 0 fully saturated rings. The van der Waals surface area contributed by atoms with Crippen LogP contribution in [0.5, 0.6) is 0 Å². The van der Waals surface area contributed by atoms with E-state index in [2.05, 4.69) is 5.32 Å². The number of hydrogen-bond acceptors (Lipinski definition) is 4. The molecule has 0 bridgehead atoms. The Morgan fingerprint density at radius 1 is 1.00 bits per heavy atom. The molecular weight excluding hydrogens is 533 g/mol. The molecule has 2 aromatic carbocycles. The maximum absolute atomic E-state index is 13.6. The van der Waals surface area contributed by atoms with Crippen molar-refractivity contribution < 1.29 is 18.0 Å². The summed E-state index contributed by atoms with van der Waals surface area (Å²) in [5, 5.41) is 3.87. The van der Waals surface area contributed by atoms with Crippen LogP contribution in [-0.4, -0.2) is 50.5 Å². The summed E-state index contributed by atoms with van der Waals surface area (Å²) in [5.41, 5.74) is 1.68. The number of nitrogens with zero attached hydrogens (tertiary/aromatic N) is 2. The lowest BCUT2D eigenvalue weighted by Gasteiger charge is -2.33. The summed E-state index contributed by atoms with van der Waals surface area (Å²) in [5.74, 6) is -0.858. The summed E-state index contributed by atoms with van der Waals surface area (Å²) in [6.07, 6.45) is 2.08. The summed E-state index contributed by atoms with van der Waals surface area (Å²) in [6.45, 7) is 5.51. The molecule has 2 aromatic rings. The van der Waals surface area contributed by atoms with Crippen molar-refractivity contribution in [2.24, 2.45) is 0 Å². The van der Waals surface area contributed by atoms with Crippen molar-refractivity contribution in [1.29, 1.82) is 0 Å². The maximum Gasteiger partial charge on any atom is 0.244 e. The molecule has 0 radical (unpaired) electrons. The lowest BCUT2D eigenvalue weighted by Crippen LogP contribution is -2.52. The molecule has 0 aliphatic heterocycles. The Morgan fingerprint density at radius 2 is 1.69 bits per heavy atom. The second kappa shape index (κ2) is 12.8. The van der Waals surface area contributed by atoms with Crippen LogP contribution >= 0.6 is 34.8 Å². The Hall–Kier alpha value is -2.00. The highest BCUT2D eigenvalue weighted by Crippen LogP contribution is 2.27. The molecule has 7 nitrogen and oxygen atoms in total. The topological polar surface area (TPSA) is 86.8 Å². The molecule has 0 aliphatic carbocycles. The Bertz CT molecular complexity index is 1170. The number of carbonyl (C=O) groups excluding carboxylic acids is 2. The first-order chi connectivity index (χ1) is 16.4. The summed E-state index contributed by atoms with van der Waals surface area (Å²) in [4.78, 5) is 27.9. The molecule has 0 aromatic heterocycles. The third-order valence-electron chi connectivity index (χ3n) is 5.39. The third-order valence-corrected chi connectivity index (χ3v) is 7.68. The molecular formula is C24H30Cl3N3O4S. The van der Waals surface area contributed by atoms with Gasteiger partial charge in [0.1, 0.15) is 12.6 Å². The van der Waals surface area contributed by atoms with Crippen LogP contribution in [0.3, 0.4) is 0 Å². The highest BCUT2D eigenvalue weighted by molar-refractivity contribution is 7.92. The fraction of sp³-hybridized carbons (Fsp3) is 0.417. The number of sulfonamides is 1. The molecule has 0 saturated carbocycles. The molecule has 35 heavy (non-hydrogen) atoms. The van der Waals surface area contributed by atoms with E-state index in [1.54, 1.807) is 44.2 Å². The molecule has 0 unspecified atom stereocenters. The maximum atomic E-state index is 13.6. The predicted octanol–water partition coefficient (Wildman–Crippen LogP) is 5.05. The Balaban J connectivity index is 2.46. The minimum absolute atomic E-state index is 0.0417. The number of rotatable bonds is 11. The summed E-state index contributed by atoms with van der Waals surface area (Å²) in [7, 11) is -3.84. The zero-order valence-corrected chi connectivity index (χ0v) is 23.2. The van der Waals surface area contributed by atoms with E-state index in [1.807, 2.05) is 6.92 Å². The molecule has 2 rings (SSSR count). The van der Waals surface area contributed by atoms with Gasteiger partial charge in [0, 0.05) is 18.1 Å². The molecule has 2 amide bonds. The van der Waals surface area contributed by atoms with E-state index in [9.17, 15) is 18.0 Å². The van der Waals surface area contributed by atoms with Gasteiger partial charge in [0.25, 0.3) is 0 Å². The number of anilines is 1. The number of benzene rings is 2. The Kier molecular flexibility index (Phi) is 10.7. The summed E-state index contributed by atoms with van der Waals surface area (Å²) >= 11 is 18.4. The van der Waals surface area contributed by atoms with E-state index in [1.165, 1.54) is 11.0 Å². The van der Waals surface area contributed by atoms with Crippen LogP contribution in [0.25, 0.3) is 0 Å². The summed E-state index contributed by atoms with van der Waals surface area (Å²) < 4.78 is 26.3. The van der Waals surface area contributed by atoms with Gasteiger partial charge in [0.05, 0.1) is 22.0 Å². The van der Waals surface area contributed by atoms with Gasteiger partial charge in [-0.15, -0.1) is 0 Å². The third kappa shape index (κ3) is 8.00. The van der Waals surface area contributed by atoms with Gasteiger partial charge in [0.15, 0.2) is 0 Å². The second-order valence-corrected chi connectivity index (χ2v) is 11.3. The van der Waals surface area contributed by atoms with Crippen LogP contribution in [0.1, 0.15) is 37.8 Å². The van der Waals surface area contributed by atoms with Gasteiger partial charge in [-0.05, 0) is 55.2 Å². The fourth-order valence-electron chi connectivity index (χ4n) is 3.47. The highest BCUT2D eigenvalue weighted by atomic mass is 35.5. The van der Waals surface area contributed by atoms with Crippen LogP contribution in [0.2, 0.25) is 15.1 Å². The average Bonchev–Trinajstić information content (AvgIpc) is 2.79. The summed E-state index contributed by atoms with van der Waals surface area (Å²) in [6, 6.07) is 8.89. The lowest BCUT2D eigenvalue weighted by atomic mass is 10.1. The lowest BCUT2D eigenvalue weighted by molar-refractivity contribution is -0.140. The predicted molar refractivity (Wildman–Crippen MR) is 143 cm³/mol. The molecule has 1 atom stereocenters. The molecule has 1 N–H and O–H groups in total. The number of hydrogen-bond donors (Lipinski definition) is 1. The normalized spacial score (nSPS) is 12.2. The fourth-order valence-corrected chi connectivity index (χ4v) is 4.81. The van der Waals surface area contributed by atoms with Crippen molar-refractivity contribution in [2.75, 3.05) is 23.7 Å². The largest absolute Gasteiger partial charge is 0.354 e. The van der Waals surface area contributed by atoms with Gasteiger partial charge >= 0.3 is 0 Å². The average molecular weight is 563 g/mol. The zero-order valence-electron chi connectivity index (χ0n) is 20.1. The van der Waals surface area contributed by atoms with E-state index in [0.717, 1.165) is 22.5 Å². The van der Waals surface area contributed by atoms with E-state index in [4.69, 9.17) is 34.8 Å². The number of aryl methyl sites for hydroxylation is 1. The SMILES string of the molecule is CCCNC(=O)[C@H](CC)N(Cc1ccc(Cl)c(Cl)c1)C(=O)CN(c1ccc(C)c(Cl)c1)S(C)(=O)=O.